The first-order chi connectivity index (χ1) is 14.7. The standard InChI is InChI=1S/C22H17N3O5/c1-23-17-9-5-7-11-19(17)30-21-12-20(24-14-25-21)29-18-10-6-4-8-15(18)16(13-27-2)22(26)28-3/h4-14H,2-3H3/b16-13+. The number of carbonyl (C=O) groups is 1. The zero-order valence-corrected chi connectivity index (χ0v) is 16.2. The molecule has 0 aliphatic heterocycles. The normalized spacial score (nSPS) is 10.6. The SMILES string of the molecule is [C-]#[N+]c1ccccc1Oc1cc(Oc2ccccc2/C(=C\OC)C(=O)OC)ncn1. The summed E-state index contributed by atoms with van der Waals surface area (Å²) in [5, 5.41) is 0. The Morgan fingerprint density at radius 1 is 0.967 bits per heavy atom. The van der Waals surface area contributed by atoms with Crippen molar-refractivity contribution in [3.8, 4) is 23.3 Å². The van der Waals surface area contributed by atoms with Gasteiger partial charge in [0.2, 0.25) is 17.4 Å². The molecule has 0 fully saturated rings. The maximum Gasteiger partial charge on any atom is 0.341 e. The van der Waals surface area contributed by atoms with Crippen LogP contribution in [0.25, 0.3) is 10.4 Å². The van der Waals surface area contributed by atoms with Crippen LogP contribution in [-0.2, 0) is 14.3 Å². The molecule has 0 N–H and O–H groups in total. The minimum atomic E-state index is -0.574. The van der Waals surface area contributed by atoms with Crippen molar-refractivity contribution in [2.24, 2.45) is 0 Å². The van der Waals surface area contributed by atoms with E-state index in [0.29, 0.717) is 22.7 Å². The van der Waals surface area contributed by atoms with Crippen molar-refractivity contribution in [1.29, 1.82) is 0 Å². The van der Waals surface area contributed by atoms with Gasteiger partial charge in [-0.1, -0.05) is 36.4 Å². The molecule has 8 heteroatoms. The van der Waals surface area contributed by atoms with Crippen LogP contribution in [-0.4, -0.2) is 30.2 Å². The number of esters is 1. The predicted octanol–water partition coefficient (Wildman–Crippen LogP) is 4.77. The minimum Gasteiger partial charge on any atom is -0.503 e. The molecule has 1 aromatic heterocycles. The van der Waals surface area contributed by atoms with Crippen molar-refractivity contribution in [3.05, 3.63) is 84.2 Å². The van der Waals surface area contributed by atoms with E-state index in [2.05, 4.69) is 14.8 Å². The van der Waals surface area contributed by atoms with Crippen molar-refractivity contribution in [1.82, 2.24) is 9.97 Å². The van der Waals surface area contributed by atoms with Gasteiger partial charge in [-0.15, -0.1) is 0 Å². The van der Waals surface area contributed by atoms with Crippen molar-refractivity contribution >= 4 is 17.2 Å². The third-order valence-corrected chi connectivity index (χ3v) is 3.85. The molecule has 0 saturated heterocycles. The van der Waals surface area contributed by atoms with Gasteiger partial charge in [0.1, 0.15) is 23.4 Å². The number of para-hydroxylation sites is 3. The molecule has 150 valence electrons. The van der Waals surface area contributed by atoms with Gasteiger partial charge in [0, 0.05) is 5.56 Å². The summed E-state index contributed by atoms with van der Waals surface area (Å²) in [5.74, 6) is 0.546. The lowest BCUT2D eigenvalue weighted by Gasteiger charge is -2.12. The van der Waals surface area contributed by atoms with Gasteiger partial charge in [0.05, 0.1) is 33.1 Å². The van der Waals surface area contributed by atoms with E-state index in [1.54, 1.807) is 48.5 Å². The first kappa shape index (κ1) is 20.4. The molecule has 0 atom stereocenters. The fourth-order valence-corrected chi connectivity index (χ4v) is 2.52. The van der Waals surface area contributed by atoms with E-state index in [0.717, 1.165) is 0 Å². The zero-order chi connectivity index (χ0) is 21.3. The Kier molecular flexibility index (Phi) is 6.59. The quantitative estimate of drug-likeness (QED) is 0.243. The molecule has 0 radical (unpaired) electrons. The summed E-state index contributed by atoms with van der Waals surface area (Å²) in [6.07, 6.45) is 2.56. The Labute approximate surface area is 173 Å². The predicted molar refractivity (Wildman–Crippen MR) is 108 cm³/mol. The molecule has 0 aliphatic carbocycles. The highest BCUT2D eigenvalue weighted by atomic mass is 16.5. The van der Waals surface area contributed by atoms with Crippen LogP contribution >= 0.6 is 0 Å². The molecule has 2 aromatic carbocycles. The number of carbonyl (C=O) groups excluding carboxylic acids is 1. The van der Waals surface area contributed by atoms with Gasteiger partial charge >= 0.3 is 5.97 Å². The van der Waals surface area contributed by atoms with Crippen molar-refractivity contribution in [2.45, 2.75) is 0 Å². The maximum absolute atomic E-state index is 12.1. The summed E-state index contributed by atoms with van der Waals surface area (Å²) in [7, 11) is 2.71. The van der Waals surface area contributed by atoms with Crippen LogP contribution < -0.4 is 9.47 Å². The molecular formula is C22H17N3O5. The lowest BCUT2D eigenvalue weighted by atomic mass is 10.1. The summed E-state index contributed by atoms with van der Waals surface area (Å²) in [6.45, 7) is 7.22. The highest BCUT2D eigenvalue weighted by Gasteiger charge is 2.18. The fourth-order valence-electron chi connectivity index (χ4n) is 2.52. The van der Waals surface area contributed by atoms with Crippen LogP contribution in [0.3, 0.4) is 0 Å². The van der Waals surface area contributed by atoms with Gasteiger partial charge in [0.25, 0.3) is 0 Å². The van der Waals surface area contributed by atoms with Crippen LogP contribution in [0.2, 0.25) is 0 Å². The number of hydrogen-bond donors (Lipinski definition) is 0. The molecule has 0 spiro atoms. The molecule has 8 nitrogen and oxygen atoms in total. The van der Waals surface area contributed by atoms with Crippen molar-refractivity contribution < 1.29 is 23.7 Å². The number of methoxy groups -OCH3 is 2. The third kappa shape index (κ3) is 4.72. The van der Waals surface area contributed by atoms with Gasteiger partial charge in [-0.2, -0.15) is 0 Å². The Morgan fingerprint density at radius 3 is 2.27 bits per heavy atom. The maximum atomic E-state index is 12.1. The number of hydrogen-bond acceptors (Lipinski definition) is 7. The fraction of sp³-hybridized carbons (Fsp3) is 0.0909. The van der Waals surface area contributed by atoms with Gasteiger partial charge in [-0.25, -0.2) is 19.6 Å². The van der Waals surface area contributed by atoms with Crippen LogP contribution in [0.15, 0.2) is 67.2 Å². The Bertz CT molecular complexity index is 1120. The lowest BCUT2D eigenvalue weighted by molar-refractivity contribution is -0.133. The Morgan fingerprint density at radius 2 is 1.60 bits per heavy atom. The van der Waals surface area contributed by atoms with Gasteiger partial charge in [-0.05, 0) is 12.1 Å². The second-order valence-electron chi connectivity index (χ2n) is 5.73. The molecule has 3 aromatic rings. The second-order valence-corrected chi connectivity index (χ2v) is 5.73. The molecule has 0 saturated carbocycles. The van der Waals surface area contributed by atoms with Gasteiger partial charge < -0.3 is 18.9 Å². The average molecular weight is 403 g/mol. The smallest absolute Gasteiger partial charge is 0.341 e. The first-order valence-corrected chi connectivity index (χ1v) is 8.71. The number of benzene rings is 2. The summed E-state index contributed by atoms with van der Waals surface area (Å²) >= 11 is 0. The van der Waals surface area contributed by atoms with E-state index in [-0.39, 0.29) is 17.3 Å². The molecule has 3 rings (SSSR count). The zero-order valence-electron chi connectivity index (χ0n) is 16.2. The number of rotatable bonds is 7. The highest BCUT2D eigenvalue weighted by molar-refractivity contribution is 6.17. The van der Waals surface area contributed by atoms with Crippen LogP contribution in [0.1, 0.15) is 5.56 Å². The van der Waals surface area contributed by atoms with Crippen molar-refractivity contribution in [3.63, 3.8) is 0 Å². The molecule has 0 aliphatic rings. The summed E-state index contributed by atoms with van der Waals surface area (Å²) in [5.41, 5.74) is 1.01. The second kappa shape index (κ2) is 9.71. The number of nitrogens with zero attached hydrogens (tertiary/aromatic N) is 3. The Hall–Kier alpha value is -4.38. The topological polar surface area (TPSA) is 84.1 Å². The summed E-state index contributed by atoms with van der Waals surface area (Å²) in [6, 6.07) is 15.2. The van der Waals surface area contributed by atoms with Crippen LogP contribution in [0.4, 0.5) is 5.69 Å². The molecule has 0 bridgehead atoms. The van der Waals surface area contributed by atoms with E-state index in [4.69, 9.17) is 25.5 Å². The van der Waals surface area contributed by atoms with E-state index < -0.39 is 5.97 Å². The van der Waals surface area contributed by atoms with Crippen LogP contribution in [0.5, 0.6) is 23.3 Å². The first-order valence-electron chi connectivity index (χ1n) is 8.71. The summed E-state index contributed by atoms with van der Waals surface area (Å²) in [4.78, 5) is 23.7. The molecular weight excluding hydrogens is 386 g/mol. The summed E-state index contributed by atoms with van der Waals surface area (Å²) < 4.78 is 21.4. The molecule has 1 heterocycles. The number of ether oxygens (including phenoxy) is 4. The largest absolute Gasteiger partial charge is 0.503 e. The van der Waals surface area contributed by atoms with E-state index >= 15 is 0 Å². The lowest BCUT2D eigenvalue weighted by Crippen LogP contribution is -2.06. The minimum absolute atomic E-state index is 0.187. The van der Waals surface area contributed by atoms with E-state index in [9.17, 15) is 4.79 Å². The van der Waals surface area contributed by atoms with Gasteiger partial charge in [0.15, 0.2) is 0 Å². The monoisotopic (exact) mass is 403 g/mol. The molecule has 0 unspecified atom stereocenters. The average Bonchev–Trinajstić information content (AvgIpc) is 2.78. The van der Waals surface area contributed by atoms with Crippen molar-refractivity contribution in [2.75, 3.05) is 14.2 Å². The third-order valence-electron chi connectivity index (χ3n) is 3.85. The van der Waals surface area contributed by atoms with Gasteiger partial charge in [-0.3, -0.25) is 0 Å². The highest BCUT2D eigenvalue weighted by Crippen LogP contribution is 2.33. The van der Waals surface area contributed by atoms with E-state index in [1.807, 2.05) is 0 Å². The van der Waals surface area contributed by atoms with Crippen LogP contribution in [0, 0.1) is 6.57 Å². The Balaban J connectivity index is 1.90. The molecule has 0 amide bonds. The molecule has 30 heavy (non-hydrogen) atoms. The number of aromatic nitrogens is 2. The van der Waals surface area contributed by atoms with E-state index in [1.165, 1.54) is 32.9 Å².